The molecule has 1 heterocycles. The number of aromatic nitrogens is 1. The molecule has 124 valence electrons. The van der Waals surface area contributed by atoms with Crippen LogP contribution in [0.3, 0.4) is 0 Å². The van der Waals surface area contributed by atoms with Gasteiger partial charge >= 0.3 is 0 Å². The molecule has 2 rings (SSSR count). The normalized spacial score (nSPS) is 11.2. The highest BCUT2D eigenvalue weighted by atomic mass is 79.9. The lowest BCUT2D eigenvalue weighted by Gasteiger charge is -2.13. The average Bonchev–Trinajstić information content (AvgIpc) is 2.72. The molecule has 4 nitrogen and oxygen atoms in total. The maximum absolute atomic E-state index is 12.0. The molecule has 1 amide bonds. The first kappa shape index (κ1) is 17.8. The first-order valence-electron chi connectivity index (χ1n) is 7.73. The fourth-order valence-corrected chi connectivity index (χ4v) is 3.30. The molecule has 0 saturated carbocycles. The fourth-order valence-electron chi connectivity index (χ4n) is 3.04. The summed E-state index contributed by atoms with van der Waals surface area (Å²) in [6, 6.07) is 8.00. The van der Waals surface area contributed by atoms with Crippen molar-refractivity contribution < 1.29 is 4.79 Å². The summed E-state index contributed by atoms with van der Waals surface area (Å²) in [7, 11) is 4.13. The Morgan fingerprint density at radius 1 is 1.17 bits per heavy atom. The Morgan fingerprint density at radius 3 is 2.30 bits per heavy atom. The summed E-state index contributed by atoms with van der Waals surface area (Å²) in [5, 5.41) is 0. The Balaban J connectivity index is 2.48. The molecule has 0 aliphatic rings. The first-order valence-corrected chi connectivity index (χ1v) is 8.52. The van der Waals surface area contributed by atoms with Crippen molar-refractivity contribution in [1.29, 1.82) is 0 Å². The van der Waals surface area contributed by atoms with E-state index in [9.17, 15) is 4.79 Å². The lowest BCUT2D eigenvalue weighted by Crippen LogP contribution is -2.16. The summed E-state index contributed by atoms with van der Waals surface area (Å²) in [6.45, 7) is 5.93. The van der Waals surface area contributed by atoms with Gasteiger partial charge in [0.1, 0.15) is 0 Å². The van der Waals surface area contributed by atoms with Crippen molar-refractivity contribution >= 4 is 21.8 Å². The van der Waals surface area contributed by atoms with Gasteiger partial charge in [0.15, 0.2) is 0 Å². The van der Waals surface area contributed by atoms with Crippen LogP contribution in [0.15, 0.2) is 28.7 Å². The monoisotopic (exact) mass is 377 g/mol. The van der Waals surface area contributed by atoms with E-state index >= 15 is 0 Å². The van der Waals surface area contributed by atoms with Crippen LogP contribution in [-0.2, 0) is 6.54 Å². The number of hydrogen-bond acceptors (Lipinski definition) is 2. The van der Waals surface area contributed by atoms with Crippen LogP contribution in [0.1, 0.15) is 28.2 Å². The van der Waals surface area contributed by atoms with Crippen molar-refractivity contribution in [2.24, 2.45) is 5.73 Å². The number of amides is 1. The summed E-state index contributed by atoms with van der Waals surface area (Å²) >= 11 is 3.45. The Hall–Kier alpha value is -1.59. The number of hydrogen-bond donors (Lipinski definition) is 1. The van der Waals surface area contributed by atoms with E-state index in [1.165, 1.54) is 0 Å². The maximum atomic E-state index is 12.0. The standard InChI is InChI=1S/C18H24BrN3O/c1-12-16(14-6-8-15(19)9-7-14)17(18(20)23)13(2)22(12)11-5-10-21(3)4/h6-9H,5,10-11H2,1-4H3,(H2,20,23). The molecule has 23 heavy (non-hydrogen) atoms. The van der Waals surface area contributed by atoms with Gasteiger partial charge in [-0.15, -0.1) is 0 Å². The van der Waals surface area contributed by atoms with Gasteiger partial charge < -0.3 is 15.2 Å². The number of halogens is 1. The van der Waals surface area contributed by atoms with E-state index in [2.05, 4.69) is 46.4 Å². The highest BCUT2D eigenvalue weighted by Crippen LogP contribution is 2.33. The number of rotatable bonds is 6. The van der Waals surface area contributed by atoms with E-state index in [0.717, 1.165) is 46.5 Å². The topological polar surface area (TPSA) is 51.3 Å². The number of carbonyl (C=O) groups excluding carboxylic acids is 1. The zero-order chi connectivity index (χ0) is 17.1. The van der Waals surface area contributed by atoms with Crippen molar-refractivity contribution in [3.63, 3.8) is 0 Å². The molecule has 0 atom stereocenters. The minimum atomic E-state index is -0.366. The zero-order valence-corrected chi connectivity index (χ0v) is 15.8. The minimum Gasteiger partial charge on any atom is -0.366 e. The van der Waals surface area contributed by atoms with E-state index in [1.807, 2.05) is 31.2 Å². The van der Waals surface area contributed by atoms with Gasteiger partial charge in [-0.3, -0.25) is 4.79 Å². The molecule has 1 aromatic heterocycles. The van der Waals surface area contributed by atoms with Crippen LogP contribution in [0, 0.1) is 13.8 Å². The van der Waals surface area contributed by atoms with E-state index in [1.54, 1.807) is 0 Å². The molecule has 0 radical (unpaired) electrons. The highest BCUT2D eigenvalue weighted by Gasteiger charge is 2.22. The number of benzene rings is 1. The highest BCUT2D eigenvalue weighted by molar-refractivity contribution is 9.10. The molecule has 1 aromatic carbocycles. The molecule has 0 bridgehead atoms. The Bertz CT molecular complexity index is 702. The van der Waals surface area contributed by atoms with Crippen LogP contribution in [0.2, 0.25) is 0 Å². The smallest absolute Gasteiger partial charge is 0.251 e. The lowest BCUT2D eigenvalue weighted by atomic mass is 10.0. The third kappa shape index (κ3) is 3.85. The Kier molecular flexibility index (Phi) is 5.65. The van der Waals surface area contributed by atoms with Crippen LogP contribution in [0.5, 0.6) is 0 Å². The number of nitrogens with zero attached hydrogens (tertiary/aromatic N) is 2. The zero-order valence-electron chi connectivity index (χ0n) is 14.2. The summed E-state index contributed by atoms with van der Waals surface area (Å²) in [5.74, 6) is -0.366. The first-order chi connectivity index (χ1) is 10.8. The lowest BCUT2D eigenvalue weighted by molar-refractivity contribution is 0.1000. The quantitative estimate of drug-likeness (QED) is 0.835. The maximum Gasteiger partial charge on any atom is 0.251 e. The van der Waals surface area contributed by atoms with E-state index in [-0.39, 0.29) is 5.91 Å². The van der Waals surface area contributed by atoms with Crippen molar-refractivity contribution in [1.82, 2.24) is 9.47 Å². The van der Waals surface area contributed by atoms with Gasteiger partial charge in [0.2, 0.25) is 0 Å². The number of nitrogens with two attached hydrogens (primary N) is 1. The van der Waals surface area contributed by atoms with Crippen LogP contribution < -0.4 is 5.73 Å². The largest absolute Gasteiger partial charge is 0.366 e. The predicted octanol–water partition coefficient (Wildman–Crippen LogP) is 3.59. The Labute approximate surface area is 146 Å². The molecule has 0 saturated heterocycles. The minimum absolute atomic E-state index is 0.366. The molecule has 5 heteroatoms. The molecule has 0 fully saturated rings. The van der Waals surface area contributed by atoms with Gasteiger partial charge in [0.05, 0.1) is 5.56 Å². The van der Waals surface area contributed by atoms with Gasteiger partial charge in [-0.2, -0.15) is 0 Å². The summed E-state index contributed by atoms with van der Waals surface area (Å²) in [6.07, 6.45) is 1.03. The van der Waals surface area contributed by atoms with Crippen LogP contribution >= 0.6 is 15.9 Å². The predicted molar refractivity (Wildman–Crippen MR) is 98.7 cm³/mol. The third-order valence-electron chi connectivity index (χ3n) is 4.15. The SMILES string of the molecule is Cc1c(C(N)=O)c(-c2ccc(Br)cc2)c(C)n1CCCN(C)C. The van der Waals surface area contributed by atoms with E-state index in [4.69, 9.17) is 5.73 Å². The second-order valence-electron chi connectivity index (χ2n) is 6.10. The molecule has 0 spiro atoms. The molecule has 2 N–H and O–H groups in total. The van der Waals surface area contributed by atoms with Gasteiger partial charge in [0.25, 0.3) is 5.91 Å². The second-order valence-corrected chi connectivity index (χ2v) is 7.02. The van der Waals surface area contributed by atoms with Crippen LogP contribution in [-0.4, -0.2) is 36.0 Å². The van der Waals surface area contributed by atoms with Gasteiger partial charge in [0, 0.05) is 28.0 Å². The molecule has 0 aliphatic carbocycles. The molecule has 0 aliphatic heterocycles. The van der Waals surface area contributed by atoms with Gasteiger partial charge in [-0.25, -0.2) is 0 Å². The molecule has 0 unspecified atom stereocenters. The summed E-state index contributed by atoms with van der Waals surface area (Å²) in [5.41, 5.74) is 10.3. The average molecular weight is 378 g/mol. The van der Waals surface area contributed by atoms with Crippen molar-refractivity contribution in [3.8, 4) is 11.1 Å². The summed E-state index contributed by atoms with van der Waals surface area (Å²) in [4.78, 5) is 14.2. The van der Waals surface area contributed by atoms with E-state index in [0.29, 0.717) is 5.56 Å². The van der Waals surface area contributed by atoms with Crippen molar-refractivity contribution in [2.45, 2.75) is 26.8 Å². The van der Waals surface area contributed by atoms with Crippen LogP contribution in [0.4, 0.5) is 0 Å². The number of carbonyl (C=O) groups is 1. The number of primary amides is 1. The summed E-state index contributed by atoms with van der Waals surface area (Å²) < 4.78 is 3.22. The van der Waals surface area contributed by atoms with Gasteiger partial charge in [-0.1, -0.05) is 28.1 Å². The third-order valence-corrected chi connectivity index (χ3v) is 4.68. The van der Waals surface area contributed by atoms with Crippen molar-refractivity contribution in [3.05, 3.63) is 45.7 Å². The Morgan fingerprint density at radius 2 is 1.78 bits per heavy atom. The van der Waals surface area contributed by atoms with E-state index < -0.39 is 0 Å². The molecule has 2 aromatic rings. The van der Waals surface area contributed by atoms with Gasteiger partial charge in [-0.05, 0) is 58.6 Å². The van der Waals surface area contributed by atoms with Crippen LogP contribution in [0.25, 0.3) is 11.1 Å². The molecular formula is C18H24BrN3O. The molecular weight excluding hydrogens is 354 g/mol. The fraction of sp³-hybridized carbons (Fsp3) is 0.389. The van der Waals surface area contributed by atoms with Crippen molar-refractivity contribution in [2.75, 3.05) is 20.6 Å². The second kappa shape index (κ2) is 7.32.